The third-order valence-corrected chi connectivity index (χ3v) is 2.67. The highest BCUT2D eigenvalue weighted by Gasteiger charge is 1.99. The molecule has 1 rings (SSSR count). The fourth-order valence-electron chi connectivity index (χ4n) is 1.23. The maximum atomic E-state index is 12.9. The third-order valence-electron chi connectivity index (χ3n) is 2.06. The van der Waals surface area contributed by atoms with E-state index in [0.29, 0.717) is 11.1 Å². The van der Waals surface area contributed by atoms with Gasteiger partial charge < -0.3 is 10.1 Å². The molecule has 0 aliphatic rings. The lowest BCUT2D eigenvalue weighted by atomic mass is 10.1. The average molecular weight is 276 g/mol. The van der Waals surface area contributed by atoms with Gasteiger partial charge in [0.15, 0.2) is 0 Å². The van der Waals surface area contributed by atoms with Crippen LogP contribution in [0.3, 0.4) is 0 Å². The molecule has 0 amide bonds. The summed E-state index contributed by atoms with van der Waals surface area (Å²) in [6.07, 6.45) is 0.891. The van der Waals surface area contributed by atoms with E-state index in [1.165, 1.54) is 6.07 Å². The van der Waals surface area contributed by atoms with Gasteiger partial charge in [-0.3, -0.25) is 0 Å². The van der Waals surface area contributed by atoms with Crippen LogP contribution in [-0.4, -0.2) is 26.8 Å². The summed E-state index contributed by atoms with van der Waals surface area (Å²) in [4.78, 5) is 0. The smallest absolute Gasteiger partial charge is 0.137 e. The molecule has 0 heterocycles. The van der Waals surface area contributed by atoms with Crippen LogP contribution in [0, 0.1) is 5.82 Å². The number of nitrogens with one attached hydrogen (secondary N) is 1. The zero-order chi connectivity index (χ0) is 11.1. The number of hydrogen-bond donors (Lipinski definition) is 1. The first-order chi connectivity index (χ1) is 7.24. The number of rotatable bonds is 6. The Morgan fingerprint density at radius 3 is 2.87 bits per heavy atom. The van der Waals surface area contributed by atoms with Crippen molar-refractivity contribution < 1.29 is 9.13 Å². The van der Waals surface area contributed by atoms with Crippen LogP contribution in [-0.2, 0) is 11.2 Å². The summed E-state index contributed by atoms with van der Waals surface area (Å²) in [6.45, 7) is 2.44. The molecule has 0 radical (unpaired) electrons. The molecule has 0 atom stereocenters. The average Bonchev–Trinajstić information content (AvgIpc) is 2.23. The van der Waals surface area contributed by atoms with E-state index in [9.17, 15) is 4.39 Å². The van der Waals surface area contributed by atoms with Gasteiger partial charge in [0.05, 0.1) is 11.1 Å². The highest BCUT2D eigenvalue weighted by atomic mass is 79.9. The van der Waals surface area contributed by atoms with E-state index in [2.05, 4.69) is 21.2 Å². The molecule has 2 nitrogen and oxygen atoms in total. The van der Waals surface area contributed by atoms with Gasteiger partial charge in [0.25, 0.3) is 0 Å². The zero-order valence-electron chi connectivity index (χ0n) is 8.72. The van der Waals surface area contributed by atoms with Gasteiger partial charge >= 0.3 is 0 Å². The molecule has 1 N–H and O–H groups in total. The molecule has 0 spiro atoms. The molecular weight excluding hydrogens is 261 g/mol. The Morgan fingerprint density at radius 1 is 1.40 bits per heavy atom. The van der Waals surface area contributed by atoms with Gasteiger partial charge in [0, 0.05) is 13.7 Å². The molecule has 1 aromatic rings. The fourth-order valence-corrected chi connectivity index (χ4v) is 1.65. The number of halogens is 2. The molecule has 84 valence electrons. The van der Waals surface area contributed by atoms with Crippen LogP contribution in [0.15, 0.2) is 22.7 Å². The number of ether oxygens (including phenoxy) is 1. The van der Waals surface area contributed by atoms with Crippen LogP contribution in [0.25, 0.3) is 0 Å². The molecule has 1 aromatic carbocycles. The summed E-state index contributed by atoms with van der Waals surface area (Å²) in [6, 6.07) is 5.10. The zero-order valence-corrected chi connectivity index (χ0v) is 10.3. The summed E-state index contributed by atoms with van der Waals surface area (Å²) in [5, 5.41) is 3.23. The lowest BCUT2D eigenvalue weighted by Gasteiger charge is -2.05. The molecule has 0 unspecified atom stereocenters. The van der Waals surface area contributed by atoms with E-state index in [1.807, 2.05) is 6.07 Å². The predicted octanol–water partition coefficient (Wildman–Crippen LogP) is 2.37. The van der Waals surface area contributed by atoms with E-state index in [0.717, 1.165) is 25.1 Å². The molecule has 0 aromatic heterocycles. The maximum absolute atomic E-state index is 12.9. The molecule has 15 heavy (non-hydrogen) atoms. The number of methoxy groups -OCH3 is 1. The lowest BCUT2D eigenvalue weighted by molar-refractivity contribution is 0.199. The van der Waals surface area contributed by atoms with Gasteiger partial charge in [-0.2, -0.15) is 0 Å². The van der Waals surface area contributed by atoms with Crippen molar-refractivity contribution in [3.63, 3.8) is 0 Å². The molecule has 0 aliphatic heterocycles. The predicted molar refractivity (Wildman–Crippen MR) is 62.5 cm³/mol. The van der Waals surface area contributed by atoms with Crippen LogP contribution < -0.4 is 5.32 Å². The van der Waals surface area contributed by atoms with Crippen molar-refractivity contribution in [3.8, 4) is 0 Å². The molecular formula is C11H15BrFNO. The molecule has 0 fully saturated rings. The van der Waals surface area contributed by atoms with Crippen LogP contribution in [0.4, 0.5) is 4.39 Å². The summed E-state index contributed by atoms with van der Waals surface area (Å²) >= 11 is 3.16. The Hall–Kier alpha value is -0.450. The van der Waals surface area contributed by atoms with Crippen LogP contribution >= 0.6 is 15.9 Å². The fraction of sp³-hybridized carbons (Fsp3) is 0.455. The largest absolute Gasteiger partial charge is 0.383 e. The van der Waals surface area contributed by atoms with E-state index < -0.39 is 0 Å². The van der Waals surface area contributed by atoms with E-state index in [-0.39, 0.29) is 5.82 Å². The summed E-state index contributed by atoms with van der Waals surface area (Å²) in [7, 11) is 1.68. The second-order valence-electron chi connectivity index (χ2n) is 3.24. The highest BCUT2D eigenvalue weighted by Crippen LogP contribution is 2.16. The Morgan fingerprint density at radius 2 is 2.20 bits per heavy atom. The normalized spacial score (nSPS) is 10.6. The minimum atomic E-state index is -0.217. The Kier molecular flexibility index (Phi) is 5.83. The van der Waals surface area contributed by atoms with Gasteiger partial charge in [-0.15, -0.1) is 0 Å². The SMILES string of the molecule is COCCNCCc1ccc(F)c(Br)c1. The lowest BCUT2D eigenvalue weighted by Crippen LogP contribution is -2.21. The van der Waals surface area contributed by atoms with Crippen molar-refractivity contribution in [2.45, 2.75) is 6.42 Å². The van der Waals surface area contributed by atoms with Crippen molar-refractivity contribution in [1.82, 2.24) is 5.32 Å². The van der Waals surface area contributed by atoms with Crippen molar-refractivity contribution in [1.29, 1.82) is 0 Å². The van der Waals surface area contributed by atoms with Gasteiger partial charge in [-0.1, -0.05) is 6.07 Å². The van der Waals surface area contributed by atoms with Crippen molar-refractivity contribution >= 4 is 15.9 Å². The van der Waals surface area contributed by atoms with E-state index in [4.69, 9.17) is 4.74 Å². The first-order valence-corrected chi connectivity index (χ1v) is 5.67. The first kappa shape index (κ1) is 12.6. The Labute approximate surface area is 98.0 Å². The number of benzene rings is 1. The summed E-state index contributed by atoms with van der Waals surface area (Å²) < 4.78 is 18.3. The maximum Gasteiger partial charge on any atom is 0.137 e. The third kappa shape index (κ3) is 4.73. The molecule has 0 bridgehead atoms. The Bertz CT molecular complexity index is 307. The highest BCUT2D eigenvalue weighted by molar-refractivity contribution is 9.10. The quantitative estimate of drug-likeness (QED) is 0.805. The standard InChI is InChI=1S/C11H15BrFNO/c1-15-7-6-14-5-4-9-2-3-11(13)10(12)8-9/h2-3,8,14H,4-7H2,1H3. The van der Waals surface area contributed by atoms with Gasteiger partial charge in [0.1, 0.15) is 5.82 Å². The summed E-state index contributed by atoms with van der Waals surface area (Å²) in [5.74, 6) is -0.217. The Balaban J connectivity index is 2.28. The first-order valence-electron chi connectivity index (χ1n) is 4.87. The topological polar surface area (TPSA) is 21.3 Å². The molecule has 0 saturated carbocycles. The van der Waals surface area contributed by atoms with Gasteiger partial charge in [-0.25, -0.2) is 4.39 Å². The van der Waals surface area contributed by atoms with Crippen LogP contribution in [0.2, 0.25) is 0 Å². The van der Waals surface area contributed by atoms with Crippen molar-refractivity contribution in [2.24, 2.45) is 0 Å². The second-order valence-corrected chi connectivity index (χ2v) is 4.10. The summed E-state index contributed by atoms with van der Waals surface area (Å²) in [5.41, 5.74) is 1.12. The monoisotopic (exact) mass is 275 g/mol. The minimum Gasteiger partial charge on any atom is -0.383 e. The van der Waals surface area contributed by atoms with E-state index >= 15 is 0 Å². The van der Waals surface area contributed by atoms with Crippen molar-refractivity contribution in [2.75, 3.05) is 26.8 Å². The molecule has 0 saturated heterocycles. The van der Waals surface area contributed by atoms with Gasteiger partial charge in [0.2, 0.25) is 0 Å². The van der Waals surface area contributed by atoms with Crippen LogP contribution in [0.5, 0.6) is 0 Å². The number of hydrogen-bond acceptors (Lipinski definition) is 2. The molecule has 4 heteroatoms. The van der Waals surface area contributed by atoms with Gasteiger partial charge in [-0.05, 0) is 46.6 Å². The molecule has 0 aliphatic carbocycles. The minimum absolute atomic E-state index is 0.217. The van der Waals surface area contributed by atoms with Crippen LogP contribution in [0.1, 0.15) is 5.56 Å². The van der Waals surface area contributed by atoms with Crippen molar-refractivity contribution in [3.05, 3.63) is 34.1 Å². The second kappa shape index (κ2) is 6.93. The van der Waals surface area contributed by atoms with E-state index in [1.54, 1.807) is 13.2 Å².